The summed E-state index contributed by atoms with van der Waals surface area (Å²) in [6.07, 6.45) is 0. The monoisotopic (exact) mass is 403 g/mol. The van der Waals surface area contributed by atoms with Crippen LogP contribution in [0.5, 0.6) is 5.88 Å². The molecule has 0 fully saturated rings. The van der Waals surface area contributed by atoms with Gasteiger partial charge in [0.1, 0.15) is 13.7 Å². The number of nitrogens with one attached hydrogen (secondary N) is 1. The van der Waals surface area contributed by atoms with E-state index in [4.69, 9.17) is 21.2 Å². The Morgan fingerprint density at radius 3 is 2.69 bits per heavy atom. The highest BCUT2D eigenvalue weighted by molar-refractivity contribution is 7.12. The van der Waals surface area contributed by atoms with Gasteiger partial charge in [-0.1, -0.05) is 29.4 Å². The van der Waals surface area contributed by atoms with Crippen molar-refractivity contribution in [2.45, 2.75) is 18.9 Å². The van der Waals surface area contributed by atoms with Gasteiger partial charge in [-0.05, 0) is 24.1 Å². The van der Waals surface area contributed by atoms with Crippen LogP contribution in [-0.2, 0) is 21.6 Å². The number of aromatic nitrogens is 1. The first-order valence-electron chi connectivity index (χ1n) is 7.36. The zero-order chi connectivity index (χ0) is 19.3. The average molecular weight is 404 g/mol. The number of halogens is 3. The lowest BCUT2D eigenvalue weighted by Gasteiger charge is -2.11. The number of thiazole rings is 1. The Morgan fingerprint density at radius 1 is 1.42 bits per heavy atom. The van der Waals surface area contributed by atoms with E-state index in [2.05, 4.69) is 15.5 Å². The largest absolute Gasteiger partial charge is 0.472 e. The number of hydrogen-bond acceptors (Lipinski definition) is 6. The van der Waals surface area contributed by atoms with Crippen LogP contribution in [-0.4, -0.2) is 30.8 Å². The SMILES string of the molecule is CNC(=O)C(=NOC)c1ccccc1COc1nc(C(F)(F)Cl)sc1C. The molecule has 1 heterocycles. The Bertz CT molecular complexity index is 821. The lowest BCUT2D eigenvalue weighted by Crippen LogP contribution is -2.29. The topological polar surface area (TPSA) is 72.8 Å². The number of ether oxygens (including phenoxy) is 1. The molecule has 0 spiro atoms. The average Bonchev–Trinajstić information content (AvgIpc) is 2.99. The maximum Gasteiger partial charge on any atom is 0.374 e. The van der Waals surface area contributed by atoms with Crippen LogP contribution in [0.25, 0.3) is 0 Å². The Morgan fingerprint density at radius 2 is 2.12 bits per heavy atom. The van der Waals surface area contributed by atoms with E-state index in [9.17, 15) is 13.6 Å². The lowest BCUT2D eigenvalue weighted by atomic mass is 10.0. The number of aryl methyl sites for hydroxylation is 1. The molecule has 1 aromatic carbocycles. The van der Waals surface area contributed by atoms with Crippen LogP contribution in [0.2, 0.25) is 0 Å². The number of oxime groups is 1. The van der Waals surface area contributed by atoms with Crippen molar-refractivity contribution in [3.8, 4) is 5.88 Å². The Balaban J connectivity index is 2.28. The van der Waals surface area contributed by atoms with Gasteiger partial charge in [0, 0.05) is 12.6 Å². The highest BCUT2D eigenvalue weighted by Crippen LogP contribution is 2.38. The first-order valence-corrected chi connectivity index (χ1v) is 8.56. The quantitative estimate of drug-likeness (QED) is 0.437. The number of rotatable bonds is 7. The smallest absolute Gasteiger partial charge is 0.374 e. The van der Waals surface area contributed by atoms with Crippen molar-refractivity contribution in [2.75, 3.05) is 14.2 Å². The third-order valence-electron chi connectivity index (χ3n) is 3.26. The van der Waals surface area contributed by atoms with E-state index < -0.39 is 16.3 Å². The molecule has 0 aliphatic heterocycles. The van der Waals surface area contributed by atoms with Crippen molar-refractivity contribution < 1.29 is 23.1 Å². The molecule has 1 N–H and O–H groups in total. The van der Waals surface area contributed by atoms with E-state index in [-0.39, 0.29) is 18.2 Å². The van der Waals surface area contributed by atoms with E-state index in [1.54, 1.807) is 31.2 Å². The van der Waals surface area contributed by atoms with Crippen LogP contribution in [0.3, 0.4) is 0 Å². The molecule has 0 aliphatic rings. The van der Waals surface area contributed by atoms with Gasteiger partial charge >= 0.3 is 5.38 Å². The minimum atomic E-state index is -3.55. The molecule has 1 amide bonds. The summed E-state index contributed by atoms with van der Waals surface area (Å²) in [5.74, 6) is -0.376. The van der Waals surface area contributed by atoms with Gasteiger partial charge in [0.05, 0.1) is 4.88 Å². The second-order valence-corrected chi connectivity index (χ2v) is 6.70. The molecule has 0 aliphatic carbocycles. The minimum absolute atomic E-state index is 0.00618. The van der Waals surface area contributed by atoms with E-state index in [0.29, 0.717) is 16.0 Å². The summed E-state index contributed by atoms with van der Waals surface area (Å²) >= 11 is 5.76. The summed E-state index contributed by atoms with van der Waals surface area (Å²) in [6, 6.07) is 6.89. The normalized spacial score (nSPS) is 12.0. The van der Waals surface area contributed by atoms with Gasteiger partial charge < -0.3 is 14.9 Å². The fourth-order valence-corrected chi connectivity index (χ4v) is 2.97. The molecule has 0 bridgehead atoms. The van der Waals surface area contributed by atoms with Crippen LogP contribution in [0.1, 0.15) is 21.0 Å². The summed E-state index contributed by atoms with van der Waals surface area (Å²) in [6.45, 7) is 1.60. The molecule has 6 nitrogen and oxygen atoms in total. The number of likely N-dealkylation sites (N-methyl/N-ethyl adjacent to an activating group) is 1. The number of amides is 1. The maximum absolute atomic E-state index is 13.2. The predicted molar refractivity (Wildman–Crippen MR) is 95.0 cm³/mol. The molecule has 2 rings (SSSR count). The van der Waals surface area contributed by atoms with Crippen LogP contribution in [0.15, 0.2) is 29.4 Å². The standard InChI is InChI=1S/C16H16ClF2N3O3S/c1-9-14(21-15(26-9)16(17,18)19)25-8-10-6-4-5-7-11(10)12(22-24-3)13(23)20-2/h4-7H,8H2,1-3H3,(H,20,23). The molecule has 0 saturated carbocycles. The van der Waals surface area contributed by atoms with Gasteiger partial charge in [-0.25, -0.2) is 0 Å². The predicted octanol–water partition coefficient (Wildman–Crippen LogP) is 3.42. The van der Waals surface area contributed by atoms with E-state index >= 15 is 0 Å². The molecule has 0 radical (unpaired) electrons. The summed E-state index contributed by atoms with van der Waals surface area (Å²) in [5.41, 5.74) is 1.17. The van der Waals surface area contributed by atoms with Crippen molar-refractivity contribution >= 4 is 34.6 Å². The van der Waals surface area contributed by atoms with Crippen LogP contribution in [0, 0.1) is 6.92 Å². The fourth-order valence-electron chi connectivity index (χ4n) is 2.08. The lowest BCUT2D eigenvalue weighted by molar-refractivity contribution is -0.114. The molecular weight excluding hydrogens is 388 g/mol. The molecule has 140 valence electrons. The second-order valence-electron chi connectivity index (χ2n) is 5.03. The molecule has 0 unspecified atom stereocenters. The summed E-state index contributed by atoms with van der Waals surface area (Å²) in [4.78, 5) is 21.0. The van der Waals surface area contributed by atoms with E-state index in [1.807, 2.05) is 0 Å². The second kappa shape index (κ2) is 8.41. The highest BCUT2D eigenvalue weighted by atomic mass is 35.5. The summed E-state index contributed by atoms with van der Waals surface area (Å²) in [5, 5.41) is 2.15. The Hall–Kier alpha value is -2.26. The highest BCUT2D eigenvalue weighted by Gasteiger charge is 2.33. The third kappa shape index (κ3) is 4.67. The zero-order valence-electron chi connectivity index (χ0n) is 14.2. The number of carbonyl (C=O) groups is 1. The van der Waals surface area contributed by atoms with Crippen molar-refractivity contribution in [1.82, 2.24) is 10.3 Å². The number of nitrogens with zero attached hydrogens (tertiary/aromatic N) is 2. The van der Waals surface area contributed by atoms with Crippen LogP contribution in [0.4, 0.5) is 8.78 Å². The van der Waals surface area contributed by atoms with Crippen molar-refractivity contribution in [1.29, 1.82) is 0 Å². The van der Waals surface area contributed by atoms with Gasteiger partial charge in [0.15, 0.2) is 10.7 Å². The molecule has 26 heavy (non-hydrogen) atoms. The number of benzene rings is 1. The molecule has 10 heteroatoms. The van der Waals surface area contributed by atoms with E-state index in [0.717, 1.165) is 11.3 Å². The van der Waals surface area contributed by atoms with Crippen molar-refractivity contribution in [3.63, 3.8) is 0 Å². The van der Waals surface area contributed by atoms with Gasteiger partial charge in [-0.3, -0.25) is 4.79 Å². The Labute approximate surface area is 157 Å². The van der Waals surface area contributed by atoms with Crippen LogP contribution >= 0.6 is 22.9 Å². The first-order chi connectivity index (χ1) is 12.3. The number of alkyl halides is 3. The first kappa shape index (κ1) is 20.1. The van der Waals surface area contributed by atoms with Gasteiger partial charge in [0.25, 0.3) is 5.91 Å². The van der Waals surface area contributed by atoms with Gasteiger partial charge in [-0.15, -0.1) is 11.3 Å². The van der Waals surface area contributed by atoms with Gasteiger partial charge in [-0.2, -0.15) is 13.8 Å². The fraction of sp³-hybridized carbons (Fsp3) is 0.312. The molecule has 2 aromatic rings. The molecule has 0 saturated heterocycles. The summed E-state index contributed by atoms with van der Waals surface area (Å²) in [7, 11) is 2.80. The molecule has 1 aromatic heterocycles. The van der Waals surface area contributed by atoms with E-state index in [1.165, 1.54) is 14.2 Å². The van der Waals surface area contributed by atoms with Gasteiger partial charge in [0.2, 0.25) is 5.88 Å². The van der Waals surface area contributed by atoms with Crippen molar-refractivity contribution in [3.05, 3.63) is 45.3 Å². The Kier molecular flexibility index (Phi) is 6.49. The zero-order valence-corrected chi connectivity index (χ0v) is 15.8. The maximum atomic E-state index is 13.2. The number of hydrogen-bond donors (Lipinski definition) is 1. The summed E-state index contributed by atoms with van der Waals surface area (Å²) < 4.78 is 31.9. The molecular formula is C16H16ClF2N3O3S. The van der Waals surface area contributed by atoms with Crippen molar-refractivity contribution in [2.24, 2.45) is 5.16 Å². The van der Waals surface area contributed by atoms with Crippen LogP contribution < -0.4 is 10.1 Å². The molecule has 0 atom stereocenters. The number of carbonyl (C=O) groups excluding carboxylic acids is 1. The third-order valence-corrected chi connectivity index (χ3v) is 4.57. The minimum Gasteiger partial charge on any atom is -0.472 e.